The largest absolute Gasteiger partial charge is 0.496 e. The molecule has 0 radical (unpaired) electrons. The van der Waals surface area contributed by atoms with Gasteiger partial charge in [-0.15, -0.1) is 0 Å². The Kier molecular flexibility index (Phi) is 6.86. The van der Waals surface area contributed by atoms with Crippen LogP contribution in [-0.4, -0.2) is 19.6 Å². The van der Waals surface area contributed by atoms with Gasteiger partial charge >= 0.3 is 0 Å². The lowest BCUT2D eigenvalue weighted by Gasteiger charge is -2.17. The molecule has 0 aliphatic rings. The number of hydrogen-bond donors (Lipinski definition) is 1. The second-order valence-corrected chi connectivity index (χ2v) is 6.11. The molecule has 0 saturated carbocycles. The van der Waals surface area contributed by atoms with E-state index in [4.69, 9.17) is 4.74 Å². The highest BCUT2D eigenvalue weighted by molar-refractivity contribution is 5.83. The third-order valence-electron chi connectivity index (χ3n) is 4.23. The van der Waals surface area contributed by atoms with Crippen LogP contribution in [0, 0.1) is 6.92 Å². The molecule has 2 aromatic rings. The summed E-state index contributed by atoms with van der Waals surface area (Å²) in [5.74, 6) is 0.910. The average molecular weight is 325 g/mol. The summed E-state index contributed by atoms with van der Waals surface area (Å²) in [5, 5.41) is 3.09. The minimum Gasteiger partial charge on any atom is -0.496 e. The van der Waals surface area contributed by atoms with Crippen molar-refractivity contribution >= 4 is 5.91 Å². The minimum atomic E-state index is -0.0735. The van der Waals surface area contributed by atoms with Crippen LogP contribution in [0.3, 0.4) is 0 Å². The fraction of sp³-hybridized carbons (Fsp3) is 0.381. The maximum atomic E-state index is 12.6. The Hall–Kier alpha value is -2.29. The first kappa shape index (κ1) is 18.1. The molecule has 0 aliphatic carbocycles. The number of carbonyl (C=O) groups is 1. The molecule has 0 bridgehead atoms. The molecule has 0 spiro atoms. The van der Waals surface area contributed by atoms with E-state index in [2.05, 4.69) is 25.2 Å². The summed E-state index contributed by atoms with van der Waals surface area (Å²) in [4.78, 5) is 12.6. The first-order chi connectivity index (χ1) is 11.7. The van der Waals surface area contributed by atoms with E-state index in [1.165, 1.54) is 5.56 Å². The Morgan fingerprint density at radius 1 is 1.17 bits per heavy atom. The summed E-state index contributed by atoms with van der Waals surface area (Å²) in [6, 6.07) is 16.2. The van der Waals surface area contributed by atoms with Gasteiger partial charge in [-0.2, -0.15) is 0 Å². The number of ether oxygens (including phenoxy) is 1. The summed E-state index contributed by atoms with van der Waals surface area (Å²) in [6.07, 6.45) is 2.62. The fourth-order valence-electron chi connectivity index (χ4n) is 2.97. The second kappa shape index (κ2) is 9.11. The van der Waals surface area contributed by atoms with Gasteiger partial charge in [-0.1, -0.05) is 61.4 Å². The van der Waals surface area contributed by atoms with Crippen LogP contribution < -0.4 is 10.1 Å². The molecule has 1 amide bonds. The summed E-state index contributed by atoms with van der Waals surface area (Å²) in [7, 11) is 1.68. The lowest BCUT2D eigenvalue weighted by atomic mass is 9.93. The van der Waals surface area contributed by atoms with Crippen molar-refractivity contribution in [1.82, 2.24) is 5.32 Å². The second-order valence-electron chi connectivity index (χ2n) is 6.11. The van der Waals surface area contributed by atoms with E-state index >= 15 is 0 Å². The van der Waals surface area contributed by atoms with Crippen LogP contribution in [0.2, 0.25) is 0 Å². The molecule has 128 valence electrons. The maximum absolute atomic E-state index is 12.6. The molecule has 0 aliphatic heterocycles. The van der Waals surface area contributed by atoms with Gasteiger partial charge in [0.15, 0.2) is 0 Å². The van der Waals surface area contributed by atoms with E-state index in [-0.39, 0.29) is 11.8 Å². The SMILES string of the molecule is CCCC(C(=O)NCCc1cc(C)ccc1OC)c1ccccc1. The lowest BCUT2D eigenvalue weighted by molar-refractivity contribution is -0.122. The van der Waals surface area contributed by atoms with Crippen molar-refractivity contribution in [2.45, 2.75) is 39.0 Å². The summed E-state index contributed by atoms with van der Waals surface area (Å²) < 4.78 is 5.40. The Balaban J connectivity index is 1.97. The van der Waals surface area contributed by atoms with Crippen LogP contribution in [-0.2, 0) is 11.2 Å². The molecule has 2 rings (SSSR count). The first-order valence-electron chi connectivity index (χ1n) is 8.62. The molecule has 0 aromatic heterocycles. The minimum absolute atomic E-state index is 0.0735. The summed E-state index contributed by atoms with van der Waals surface area (Å²) in [6.45, 7) is 4.79. The highest BCUT2D eigenvalue weighted by Crippen LogP contribution is 2.22. The van der Waals surface area contributed by atoms with Crippen molar-refractivity contribution in [2.75, 3.05) is 13.7 Å². The topological polar surface area (TPSA) is 38.3 Å². The standard InChI is InChI=1S/C21H27NO2/c1-4-8-19(17-9-6-5-7-10-17)21(23)22-14-13-18-15-16(2)11-12-20(18)24-3/h5-7,9-12,15,19H,4,8,13-14H2,1-3H3,(H,22,23). The van der Waals surface area contributed by atoms with E-state index < -0.39 is 0 Å². The molecular formula is C21H27NO2. The van der Waals surface area contributed by atoms with Gasteiger partial charge in [-0.25, -0.2) is 0 Å². The van der Waals surface area contributed by atoms with Crippen LogP contribution in [0.4, 0.5) is 0 Å². The van der Waals surface area contributed by atoms with Gasteiger partial charge in [0.05, 0.1) is 13.0 Å². The van der Waals surface area contributed by atoms with E-state index in [1.54, 1.807) is 7.11 Å². The van der Waals surface area contributed by atoms with Crippen molar-refractivity contribution in [3.05, 3.63) is 65.2 Å². The van der Waals surface area contributed by atoms with E-state index in [9.17, 15) is 4.79 Å². The van der Waals surface area contributed by atoms with Gasteiger partial charge in [0.25, 0.3) is 0 Å². The molecule has 24 heavy (non-hydrogen) atoms. The Morgan fingerprint density at radius 3 is 2.58 bits per heavy atom. The number of benzene rings is 2. The quantitative estimate of drug-likeness (QED) is 0.788. The average Bonchev–Trinajstić information content (AvgIpc) is 2.60. The van der Waals surface area contributed by atoms with Crippen molar-refractivity contribution in [2.24, 2.45) is 0 Å². The molecule has 3 nitrogen and oxygen atoms in total. The van der Waals surface area contributed by atoms with Crippen LogP contribution in [0.5, 0.6) is 5.75 Å². The normalized spacial score (nSPS) is 11.8. The number of aryl methyl sites for hydroxylation is 1. The fourth-order valence-corrected chi connectivity index (χ4v) is 2.97. The third-order valence-corrected chi connectivity index (χ3v) is 4.23. The van der Waals surface area contributed by atoms with Crippen molar-refractivity contribution in [1.29, 1.82) is 0 Å². The number of carbonyl (C=O) groups excluding carboxylic acids is 1. The third kappa shape index (κ3) is 4.85. The predicted octanol–water partition coefficient (Wildman–Crippen LogP) is 4.25. The zero-order valence-corrected chi connectivity index (χ0v) is 14.8. The van der Waals surface area contributed by atoms with E-state index in [1.807, 2.05) is 42.5 Å². The van der Waals surface area contributed by atoms with Gasteiger partial charge in [-0.05, 0) is 37.0 Å². The molecule has 1 N–H and O–H groups in total. The first-order valence-corrected chi connectivity index (χ1v) is 8.62. The molecule has 0 heterocycles. The van der Waals surface area contributed by atoms with Crippen molar-refractivity contribution in [3.8, 4) is 5.75 Å². The van der Waals surface area contributed by atoms with Gasteiger partial charge in [0.2, 0.25) is 5.91 Å². The number of nitrogens with one attached hydrogen (secondary N) is 1. The zero-order chi connectivity index (χ0) is 17.4. The monoisotopic (exact) mass is 325 g/mol. The maximum Gasteiger partial charge on any atom is 0.227 e. The Labute approximate surface area is 145 Å². The molecular weight excluding hydrogens is 298 g/mol. The Bertz CT molecular complexity index is 652. The van der Waals surface area contributed by atoms with Gasteiger partial charge in [-0.3, -0.25) is 4.79 Å². The number of methoxy groups -OCH3 is 1. The van der Waals surface area contributed by atoms with Crippen molar-refractivity contribution < 1.29 is 9.53 Å². The highest BCUT2D eigenvalue weighted by Gasteiger charge is 2.19. The molecule has 0 fully saturated rings. The highest BCUT2D eigenvalue weighted by atomic mass is 16.5. The van der Waals surface area contributed by atoms with Crippen LogP contribution in [0.25, 0.3) is 0 Å². The molecule has 2 aromatic carbocycles. The summed E-state index contributed by atoms with van der Waals surface area (Å²) in [5.41, 5.74) is 3.42. The number of hydrogen-bond acceptors (Lipinski definition) is 2. The number of amides is 1. The lowest BCUT2D eigenvalue weighted by Crippen LogP contribution is -2.31. The molecule has 0 saturated heterocycles. The smallest absolute Gasteiger partial charge is 0.227 e. The van der Waals surface area contributed by atoms with E-state index in [0.717, 1.165) is 36.1 Å². The van der Waals surface area contributed by atoms with Gasteiger partial charge in [0, 0.05) is 6.54 Å². The van der Waals surface area contributed by atoms with Crippen molar-refractivity contribution in [3.63, 3.8) is 0 Å². The predicted molar refractivity (Wildman–Crippen MR) is 98.5 cm³/mol. The van der Waals surface area contributed by atoms with Crippen LogP contribution in [0.15, 0.2) is 48.5 Å². The zero-order valence-electron chi connectivity index (χ0n) is 14.8. The molecule has 3 heteroatoms. The molecule has 1 atom stereocenters. The van der Waals surface area contributed by atoms with E-state index in [0.29, 0.717) is 6.54 Å². The van der Waals surface area contributed by atoms with Crippen LogP contribution >= 0.6 is 0 Å². The van der Waals surface area contributed by atoms with Gasteiger partial charge in [0.1, 0.15) is 5.75 Å². The molecule has 1 unspecified atom stereocenters. The number of rotatable bonds is 8. The Morgan fingerprint density at radius 2 is 1.92 bits per heavy atom. The summed E-state index contributed by atoms with van der Waals surface area (Å²) >= 11 is 0. The van der Waals surface area contributed by atoms with Gasteiger partial charge < -0.3 is 10.1 Å². The van der Waals surface area contributed by atoms with Crippen LogP contribution in [0.1, 0.15) is 42.4 Å².